The van der Waals surface area contributed by atoms with Gasteiger partial charge in [0.25, 0.3) is 0 Å². The number of hydrogen-bond acceptors (Lipinski definition) is 3. The lowest BCUT2D eigenvalue weighted by molar-refractivity contribution is -0.116. The molecule has 31 heavy (non-hydrogen) atoms. The van der Waals surface area contributed by atoms with Gasteiger partial charge in [-0.25, -0.2) is 4.79 Å². The first-order chi connectivity index (χ1) is 15.0. The van der Waals surface area contributed by atoms with Crippen LogP contribution < -0.4 is 11.0 Å². The molecular weight excluding hydrogens is 388 g/mol. The summed E-state index contributed by atoms with van der Waals surface area (Å²) >= 11 is 0. The quantitative estimate of drug-likeness (QED) is 0.626. The van der Waals surface area contributed by atoms with E-state index in [-0.39, 0.29) is 18.0 Å². The second-order valence-electron chi connectivity index (χ2n) is 8.64. The number of likely N-dealkylation sites (tertiary alicyclic amines) is 1. The van der Waals surface area contributed by atoms with Crippen molar-refractivity contribution in [3.05, 3.63) is 64.6 Å². The van der Waals surface area contributed by atoms with E-state index in [1.807, 2.05) is 43.3 Å². The zero-order valence-corrected chi connectivity index (χ0v) is 18.5. The highest BCUT2D eigenvalue weighted by molar-refractivity contribution is 5.90. The van der Waals surface area contributed by atoms with Crippen molar-refractivity contribution >= 4 is 22.6 Å². The molecule has 1 N–H and O–H groups in total. The molecule has 0 saturated carbocycles. The maximum Gasteiger partial charge on any atom is 0.329 e. The maximum absolute atomic E-state index is 12.7. The molecule has 0 radical (unpaired) electrons. The van der Waals surface area contributed by atoms with Crippen LogP contribution in [0, 0.1) is 5.92 Å². The largest absolute Gasteiger partial charge is 0.329 e. The highest BCUT2D eigenvalue weighted by Gasteiger charge is 2.16. The molecule has 1 saturated heterocycles. The van der Waals surface area contributed by atoms with E-state index in [9.17, 15) is 9.59 Å². The number of fused-ring (bicyclic) bond motifs is 1. The Bertz CT molecular complexity index is 1100. The maximum atomic E-state index is 12.7. The number of carbonyl (C=O) groups excluding carboxylic acids is 1. The predicted molar refractivity (Wildman–Crippen MR) is 125 cm³/mol. The van der Waals surface area contributed by atoms with Gasteiger partial charge in [0, 0.05) is 38.3 Å². The standard InChI is InChI=1S/C25H32N4O2/c1-3-28-22-8-4-5-9-23(22)29(25(28)31)16-14-24(30)26-21-12-10-20(11-13-21)18-27-15-6-7-19(2)17-27/h4-5,8-13,19H,3,6-7,14-18H2,1-2H3,(H,26,30). The van der Waals surface area contributed by atoms with E-state index in [0.29, 0.717) is 13.1 Å². The monoisotopic (exact) mass is 420 g/mol. The van der Waals surface area contributed by atoms with Gasteiger partial charge < -0.3 is 5.32 Å². The fourth-order valence-corrected chi connectivity index (χ4v) is 4.61. The summed E-state index contributed by atoms with van der Waals surface area (Å²) in [6.07, 6.45) is 2.85. The Hall–Kier alpha value is -2.86. The van der Waals surface area contributed by atoms with E-state index in [1.165, 1.54) is 18.4 Å². The number of carbonyl (C=O) groups is 1. The number of nitrogens with one attached hydrogen (secondary N) is 1. The number of aryl methyl sites for hydroxylation is 2. The normalized spacial score (nSPS) is 17.2. The van der Waals surface area contributed by atoms with E-state index in [4.69, 9.17) is 0 Å². The number of hydrogen-bond donors (Lipinski definition) is 1. The molecule has 6 nitrogen and oxygen atoms in total. The number of rotatable bonds is 7. The Kier molecular flexibility index (Phi) is 6.56. The molecule has 1 aromatic heterocycles. The summed E-state index contributed by atoms with van der Waals surface area (Å²) in [5.74, 6) is 0.684. The molecule has 0 spiro atoms. The summed E-state index contributed by atoms with van der Waals surface area (Å²) < 4.78 is 3.44. The average Bonchev–Trinajstić information content (AvgIpc) is 3.04. The first-order valence-corrected chi connectivity index (χ1v) is 11.3. The van der Waals surface area contributed by atoms with Crippen molar-refractivity contribution in [2.24, 2.45) is 5.92 Å². The molecule has 4 rings (SSSR count). The van der Waals surface area contributed by atoms with Crippen LogP contribution in [-0.2, 0) is 24.4 Å². The van der Waals surface area contributed by atoms with Crippen molar-refractivity contribution in [3.63, 3.8) is 0 Å². The van der Waals surface area contributed by atoms with E-state index in [0.717, 1.165) is 42.3 Å². The fraction of sp³-hybridized carbons (Fsp3) is 0.440. The van der Waals surface area contributed by atoms with Gasteiger partial charge >= 0.3 is 5.69 Å². The molecule has 1 atom stereocenters. The number of imidazole rings is 1. The number of amides is 1. The van der Waals surface area contributed by atoms with Crippen LogP contribution in [0.4, 0.5) is 5.69 Å². The van der Waals surface area contributed by atoms with Crippen LogP contribution in [0.5, 0.6) is 0 Å². The van der Waals surface area contributed by atoms with Gasteiger partial charge in [-0.3, -0.25) is 18.8 Å². The summed E-state index contributed by atoms with van der Waals surface area (Å²) in [5, 5.41) is 2.96. The third-order valence-corrected chi connectivity index (χ3v) is 6.19. The molecule has 6 heteroatoms. The highest BCUT2D eigenvalue weighted by Crippen LogP contribution is 2.19. The number of benzene rings is 2. The Morgan fingerprint density at radius 3 is 2.45 bits per heavy atom. The second kappa shape index (κ2) is 9.52. The Morgan fingerprint density at radius 1 is 1.06 bits per heavy atom. The molecule has 1 aliphatic rings. The predicted octanol–water partition coefficient (Wildman–Crippen LogP) is 4.08. The number of anilines is 1. The lowest BCUT2D eigenvalue weighted by atomic mass is 10.00. The van der Waals surface area contributed by atoms with Crippen LogP contribution >= 0.6 is 0 Å². The number of para-hydroxylation sites is 2. The Balaban J connectivity index is 1.35. The molecule has 164 valence electrons. The summed E-state index contributed by atoms with van der Waals surface area (Å²) in [7, 11) is 0. The number of piperidine rings is 1. The Morgan fingerprint density at radius 2 is 1.77 bits per heavy atom. The van der Waals surface area contributed by atoms with Gasteiger partial charge in [0.15, 0.2) is 0 Å². The van der Waals surface area contributed by atoms with Crippen LogP contribution in [0.25, 0.3) is 11.0 Å². The molecule has 1 amide bonds. The van der Waals surface area contributed by atoms with Gasteiger partial charge in [-0.2, -0.15) is 0 Å². The minimum absolute atomic E-state index is 0.0621. The summed E-state index contributed by atoms with van der Waals surface area (Å²) in [6.45, 7) is 8.54. The van der Waals surface area contributed by atoms with Crippen LogP contribution in [0.15, 0.2) is 53.3 Å². The molecule has 2 aromatic carbocycles. The van der Waals surface area contributed by atoms with Crippen molar-refractivity contribution in [1.82, 2.24) is 14.0 Å². The van der Waals surface area contributed by atoms with Gasteiger partial charge in [-0.1, -0.05) is 31.2 Å². The van der Waals surface area contributed by atoms with E-state index < -0.39 is 0 Å². The number of aromatic nitrogens is 2. The van der Waals surface area contributed by atoms with Crippen LogP contribution in [-0.4, -0.2) is 33.0 Å². The smallest absolute Gasteiger partial charge is 0.326 e. The third kappa shape index (κ3) is 4.90. The SMILES string of the molecule is CCn1c(=O)n(CCC(=O)Nc2ccc(CN3CCCC(C)C3)cc2)c2ccccc21. The highest BCUT2D eigenvalue weighted by atomic mass is 16.2. The second-order valence-corrected chi connectivity index (χ2v) is 8.64. The summed E-state index contributed by atoms with van der Waals surface area (Å²) in [5.41, 5.74) is 3.79. The first kappa shape index (κ1) is 21.4. The zero-order chi connectivity index (χ0) is 21.8. The summed E-state index contributed by atoms with van der Waals surface area (Å²) in [6, 6.07) is 15.9. The van der Waals surface area contributed by atoms with E-state index in [1.54, 1.807) is 9.13 Å². The topological polar surface area (TPSA) is 59.3 Å². The van der Waals surface area contributed by atoms with Crippen molar-refractivity contribution < 1.29 is 4.79 Å². The molecule has 1 aliphatic heterocycles. The van der Waals surface area contributed by atoms with Crippen molar-refractivity contribution in [2.45, 2.75) is 52.7 Å². The van der Waals surface area contributed by atoms with Crippen LogP contribution in [0.3, 0.4) is 0 Å². The van der Waals surface area contributed by atoms with Crippen molar-refractivity contribution in [1.29, 1.82) is 0 Å². The molecule has 0 bridgehead atoms. The Labute approximate surface area is 183 Å². The van der Waals surface area contributed by atoms with Crippen LogP contribution in [0.1, 0.15) is 38.7 Å². The summed E-state index contributed by atoms with van der Waals surface area (Å²) in [4.78, 5) is 27.7. The van der Waals surface area contributed by atoms with Crippen molar-refractivity contribution in [3.8, 4) is 0 Å². The van der Waals surface area contributed by atoms with E-state index >= 15 is 0 Å². The lowest BCUT2D eigenvalue weighted by Gasteiger charge is -2.30. The van der Waals surface area contributed by atoms with Gasteiger partial charge in [-0.05, 0) is 62.1 Å². The minimum Gasteiger partial charge on any atom is -0.326 e. The first-order valence-electron chi connectivity index (χ1n) is 11.3. The average molecular weight is 421 g/mol. The van der Waals surface area contributed by atoms with Gasteiger partial charge in [0.05, 0.1) is 11.0 Å². The van der Waals surface area contributed by atoms with E-state index in [2.05, 4.69) is 29.3 Å². The molecular formula is C25H32N4O2. The zero-order valence-electron chi connectivity index (χ0n) is 18.5. The molecule has 1 unspecified atom stereocenters. The molecule has 1 fully saturated rings. The third-order valence-electron chi connectivity index (χ3n) is 6.19. The van der Waals surface area contributed by atoms with Crippen LogP contribution in [0.2, 0.25) is 0 Å². The van der Waals surface area contributed by atoms with Crippen molar-refractivity contribution in [2.75, 3.05) is 18.4 Å². The molecule has 3 aromatic rings. The van der Waals surface area contributed by atoms with Gasteiger partial charge in [0.1, 0.15) is 0 Å². The lowest BCUT2D eigenvalue weighted by Crippen LogP contribution is -2.33. The van der Waals surface area contributed by atoms with Gasteiger partial charge in [-0.15, -0.1) is 0 Å². The molecule has 0 aliphatic carbocycles. The fourth-order valence-electron chi connectivity index (χ4n) is 4.61. The number of nitrogens with zero attached hydrogens (tertiary/aromatic N) is 3. The van der Waals surface area contributed by atoms with Gasteiger partial charge in [0.2, 0.25) is 5.91 Å². The molecule has 2 heterocycles. The minimum atomic E-state index is -0.0853.